The number of imide groups is 1. The molecule has 234 valence electrons. The molecular weight excluding hydrogens is 563 g/mol. The van der Waals surface area contributed by atoms with Crippen molar-refractivity contribution in [1.29, 1.82) is 0 Å². The van der Waals surface area contributed by atoms with Crippen molar-refractivity contribution in [3.8, 4) is 11.4 Å². The predicted molar refractivity (Wildman–Crippen MR) is 158 cm³/mol. The molecule has 43 heavy (non-hydrogen) atoms. The molecule has 0 unspecified atom stereocenters. The van der Waals surface area contributed by atoms with Gasteiger partial charge < -0.3 is 9.47 Å². The van der Waals surface area contributed by atoms with Crippen LogP contribution in [0.2, 0.25) is 0 Å². The van der Waals surface area contributed by atoms with Crippen LogP contribution >= 0.6 is 0 Å². The summed E-state index contributed by atoms with van der Waals surface area (Å²) >= 11 is 0. The first-order valence-corrected chi connectivity index (χ1v) is 14.9. The topological polar surface area (TPSA) is 90.7 Å². The second-order valence-corrected chi connectivity index (χ2v) is 10.3. The Morgan fingerprint density at radius 1 is 0.860 bits per heavy atom. The Kier molecular flexibility index (Phi) is 12.6. The van der Waals surface area contributed by atoms with Crippen molar-refractivity contribution >= 4 is 34.5 Å². The van der Waals surface area contributed by atoms with E-state index in [1.54, 1.807) is 19.1 Å². The highest BCUT2D eigenvalue weighted by atomic mass is 19.4. The Hall–Kier alpha value is -3.89. The van der Waals surface area contributed by atoms with Gasteiger partial charge in [-0.15, -0.1) is 0 Å². The van der Waals surface area contributed by atoms with Crippen LogP contribution in [0.3, 0.4) is 0 Å². The molecule has 0 atom stereocenters. The summed E-state index contributed by atoms with van der Waals surface area (Å²) in [7, 11) is 0. The number of anilines is 1. The number of imidazole rings is 1. The smallest absolute Gasteiger partial charge is 0.450 e. The number of fused-ring (bicyclic) bond motifs is 1. The van der Waals surface area contributed by atoms with Crippen LogP contribution in [0.5, 0.6) is 5.75 Å². The minimum atomic E-state index is -4.68. The van der Waals surface area contributed by atoms with Gasteiger partial charge in [-0.25, -0.2) is 4.98 Å². The second kappa shape index (κ2) is 16.1. The Morgan fingerprint density at radius 2 is 1.44 bits per heavy atom. The van der Waals surface area contributed by atoms with E-state index in [4.69, 9.17) is 4.74 Å². The number of ether oxygens (including phenoxy) is 2. The van der Waals surface area contributed by atoms with Crippen LogP contribution in [0, 0.1) is 0 Å². The summed E-state index contributed by atoms with van der Waals surface area (Å²) in [5.74, 6) is -1.42. The molecule has 1 aromatic heterocycles. The first-order valence-electron chi connectivity index (χ1n) is 14.9. The van der Waals surface area contributed by atoms with Gasteiger partial charge in [-0.1, -0.05) is 51.9 Å². The summed E-state index contributed by atoms with van der Waals surface area (Å²) in [6.45, 7) is 6.35. The Morgan fingerprint density at radius 3 is 1.98 bits per heavy atom. The van der Waals surface area contributed by atoms with Gasteiger partial charge in [0.1, 0.15) is 5.75 Å². The molecular formula is C32H40F3N3O5. The van der Waals surface area contributed by atoms with Crippen molar-refractivity contribution in [3.05, 3.63) is 48.3 Å². The largest absolute Gasteiger partial charge is 0.494 e. The average molecular weight is 604 g/mol. The number of esters is 1. The zero-order valence-electron chi connectivity index (χ0n) is 25.0. The number of hydrogen-bond acceptors (Lipinski definition) is 6. The van der Waals surface area contributed by atoms with Crippen molar-refractivity contribution in [3.63, 3.8) is 0 Å². The zero-order chi connectivity index (χ0) is 31.4. The number of amides is 2. The number of carbonyl (C=O) groups is 3. The molecule has 2 heterocycles. The summed E-state index contributed by atoms with van der Waals surface area (Å²) in [4.78, 5) is 38.8. The molecule has 0 radical (unpaired) electrons. The van der Waals surface area contributed by atoms with E-state index < -0.39 is 12.0 Å². The fourth-order valence-corrected chi connectivity index (χ4v) is 4.85. The third kappa shape index (κ3) is 9.56. The standard InChI is InChI=1S/C28H32F3N3O3.C4H8O2/c1-2-3-4-5-6-7-8-9-18-37-22-14-15-24-23(19-22)32-27(28(29,30)31)33(24)20-10-12-21(13-11-20)34-25(35)16-17-26(34)36;1-3-6-4(2)5/h10-15,19H,2-9,16-18H2,1H3;3H2,1-2H3. The molecule has 1 saturated heterocycles. The van der Waals surface area contributed by atoms with Crippen LogP contribution in [0.15, 0.2) is 42.5 Å². The summed E-state index contributed by atoms with van der Waals surface area (Å²) in [5, 5.41) is 0. The first kappa shape index (κ1) is 33.6. The third-order valence-corrected chi connectivity index (χ3v) is 6.91. The number of hydrogen-bond donors (Lipinski definition) is 0. The predicted octanol–water partition coefficient (Wildman–Crippen LogP) is 7.79. The highest BCUT2D eigenvalue weighted by Crippen LogP contribution is 2.35. The molecule has 0 saturated carbocycles. The van der Waals surface area contributed by atoms with Gasteiger partial charge in [-0.05, 0) is 49.7 Å². The van der Waals surface area contributed by atoms with Gasteiger partial charge in [0, 0.05) is 31.5 Å². The van der Waals surface area contributed by atoms with E-state index in [9.17, 15) is 27.6 Å². The molecule has 0 bridgehead atoms. The third-order valence-electron chi connectivity index (χ3n) is 6.91. The molecule has 2 aromatic carbocycles. The van der Waals surface area contributed by atoms with Crippen LogP contribution in [-0.4, -0.2) is 40.5 Å². The minimum Gasteiger partial charge on any atom is -0.494 e. The maximum Gasteiger partial charge on any atom is 0.450 e. The van der Waals surface area contributed by atoms with E-state index in [2.05, 4.69) is 16.6 Å². The summed E-state index contributed by atoms with van der Waals surface area (Å²) < 4.78 is 53.0. The van der Waals surface area contributed by atoms with E-state index in [1.165, 1.54) is 69.4 Å². The van der Waals surface area contributed by atoms with Gasteiger partial charge in [0.2, 0.25) is 17.6 Å². The van der Waals surface area contributed by atoms with Crippen molar-refractivity contribution in [2.24, 2.45) is 0 Å². The van der Waals surface area contributed by atoms with E-state index in [1.807, 2.05) is 0 Å². The maximum atomic E-state index is 13.9. The van der Waals surface area contributed by atoms with E-state index in [-0.39, 0.29) is 47.3 Å². The zero-order valence-corrected chi connectivity index (χ0v) is 25.0. The lowest BCUT2D eigenvalue weighted by molar-refractivity contribution is -0.145. The van der Waals surface area contributed by atoms with E-state index in [0.29, 0.717) is 24.7 Å². The monoisotopic (exact) mass is 603 g/mol. The van der Waals surface area contributed by atoms with Crippen LogP contribution in [-0.2, 0) is 25.3 Å². The molecule has 1 aliphatic rings. The lowest BCUT2D eigenvalue weighted by Crippen LogP contribution is -2.28. The fourth-order valence-electron chi connectivity index (χ4n) is 4.85. The van der Waals surface area contributed by atoms with Crippen molar-refractivity contribution in [2.45, 2.75) is 91.2 Å². The molecule has 11 heteroatoms. The van der Waals surface area contributed by atoms with Crippen LogP contribution in [0.4, 0.5) is 18.9 Å². The van der Waals surface area contributed by atoms with Crippen LogP contribution in [0.25, 0.3) is 16.7 Å². The summed E-state index contributed by atoms with van der Waals surface area (Å²) in [6.07, 6.45) is 4.96. The number of benzene rings is 2. The van der Waals surface area contributed by atoms with Gasteiger partial charge in [0.15, 0.2) is 0 Å². The first-order chi connectivity index (χ1) is 20.6. The molecule has 4 rings (SSSR count). The molecule has 1 fully saturated rings. The molecule has 0 N–H and O–H groups in total. The van der Waals surface area contributed by atoms with E-state index in [0.717, 1.165) is 28.7 Å². The molecule has 0 aliphatic carbocycles. The number of halogens is 3. The van der Waals surface area contributed by atoms with Gasteiger partial charge in [-0.2, -0.15) is 13.2 Å². The SMILES string of the molecule is CCCCCCCCCCOc1ccc2c(c1)nc(C(F)(F)F)n2-c1ccc(N2C(=O)CCC2=O)cc1.CCOC(C)=O. The Labute approximate surface area is 250 Å². The number of carbonyl (C=O) groups excluding carboxylic acids is 3. The van der Waals surface area contributed by atoms with E-state index >= 15 is 0 Å². The second-order valence-electron chi connectivity index (χ2n) is 10.3. The number of nitrogens with zero attached hydrogens (tertiary/aromatic N) is 3. The van der Waals surface area contributed by atoms with Gasteiger partial charge >= 0.3 is 12.1 Å². The summed E-state index contributed by atoms with van der Waals surface area (Å²) in [5.41, 5.74) is 1.03. The summed E-state index contributed by atoms with van der Waals surface area (Å²) in [6, 6.07) is 10.6. The normalized spacial score (nSPS) is 13.3. The fraction of sp³-hybridized carbons (Fsp3) is 0.500. The van der Waals surface area contributed by atoms with Crippen molar-refractivity contribution in [2.75, 3.05) is 18.1 Å². The van der Waals surface area contributed by atoms with Crippen LogP contribution in [0.1, 0.15) is 90.8 Å². The van der Waals surface area contributed by atoms with Crippen molar-refractivity contribution < 1.29 is 37.0 Å². The number of rotatable bonds is 13. The lowest BCUT2D eigenvalue weighted by Gasteiger charge is -2.16. The lowest BCUT2D eigenvalue weighted by atomic mass is 10.1. The van der Waals surface area contributed by atoms with Crippen LogP contribution < -0.4 is 9.64 Å². The molecule has 2 amide bonds. The molecule has 8 nitrogen and oxygen atoms in total. The molecule has 0 spiro atoms. The highest BCUT2D eigenvalue weighted by molar-refractivity contribution is 6.19. The number of alkyl halides is 3. The quantitative estimate of drug-likeness (QED) is 0.113. The minimum absolute atomic E-state index is 0.133. The number of aromatic nitrogens is 2. The van der Waals surface area contributed by atoms with Gasteiger partial charge in [-0.3, -0.25) is 23.9 Å². The Bertz CT molecular complexity index is 1350. The average Bonchev–Trinajstić information content (AvgIpc) is 3.51. The molecule has 1 aliphatic heterocycles. The van der Waals surface area contributed by atoms with Gasteiger partial charge in [0.05, 0.1) is 29.9 Å². The van der Waals surface area contributed by atoms with Gasteiger partial charge in [0.25, 0.3) is 0 Å². The Balaban J connectivity index is 0.000000765. The maximum absolute atomic E-state index is 13.9. The van der Waals surface area contributed by atoms with Crippen molar-refractivity contribution in [1.82, 2.24) is 9.55 Å². The molecule has 3 aromatic rings. The number of unbranched alkanes of at least 4 members (excludes halogenated alkanes) is 7. The highest BCUT2D eigenvalue weighted by Gasteiger charge is 2.38.